The molecule has 1 aliphatic rings. The Kier molecular flexibility index (Phi) is 3.93. The molecule has 0 radical (unpaired) electrons. The minimum Gasteiger partial charge on any atom is -0.388 e. The van der Waals surface area contributed by atoms with Crippen LogP contribution in [0, 0.1) is 10.8 Å². The first-order chi connectivity index (χ1) is 6.58. The average molecular weight is 197 g/mol. The molecule has 0 heterocycles. The van der Waals surface area contributed by atoms with E-state index in [4.69, 9.17) is 11.1 Å². The zero-order valence-electron chi connectivity index (χ0n) is 9.47. The van der Waals surface area contributed by atoms with Gasteiger partial charge in [-0.05, 0) is 38.3 Å². The van der Waals surface area contributed by atoms with Gasteiger partial charge in [-0.2, -0.15) is 0 Å². The largest absolute Gasteiger partial charge is 0.388 e. The molecule has 0 bridgehead atoms. The van der Waals surface area contributed by atoms with Crippen LogP contribution >= 0.6 is 0 Å². The fraction of sp³-hybridized carbons (Fsp3) is 0.909. The normalized spacial score (nSPS) is 18.5. The van der Waals surface area contributed by atoms with Crippen molar-refractivity contribution in [2.75, 3.05) is 20.1 Å². The van der Waals surface area contributed by atoms with Crippen molar-refractivity contribution < 1.29 is 0 Å². The molecule has 0 aliphatic heterocycles. The lowest BCUT2D eigenvalue weighted by Crippen LogP contribution is -2.30. The van der Waals surface area contributed by atoms with Gasteiger partial charge in [0.25, 0.3) is 0 Å². The number of hydrogen-bond acceptors (Lipinski definition) is 2. The van der Waals surface area contributed by atoms with Gasteiger partial charge in [0.1, 0.15) is 0 Å². The summed E-state index contributed by atoms with van der Waals surface area (Å²) in [4.78, 5) is 2.39. The molecule has 14 heavy (non-hydrogen) atoms. The lowest BCUT2D eigenvalue weighted by molar-refractivity contribution is 0.263. The van der Waals surface area contributed by atoms with E-state index in [-0.39, 0.29) is 0 Å². The summed E-state index contributed by atoms with van der Waals surface area (Å²) in [6.07, 6.45) is 5.83. The Bertz CT molecular complexity index is 197. The Morgan fingerprint density at radius 1 is 1.50 bits per heavy atom. The van der Waals surface area contributed by atoms with E-state index in [0.29, 0.717) is 11.3 Å². The summed E-state index contributed by atoms with van der Waals surface area (Å²) in [7, 11) is 2.18. The minimum atomic E-state index is 0.353. The van der Waals surface area contributed by atoms with Gasteiger partial charge in [-0.1, -0.05) is 13.3 Å². The summed E-state index contributed by atoms with van der Waals surface area (Å²) in [5.74, 6) is 0.353. The van der Waals surface area contributed by atoms with Crippen molar-refractivity contribution in [2.24, 2.45) is 11.1 Å². The van der Waals surface area contributed by atoms with Crippen molar-refractivity contribution >= 4 is 5.84 Å². The van der Waals surface area contributed by atoms with Gasteiger partial charge in [0.05, 0.1) is 5.84 Å². The predicted molar refractivity (Wildman–Crippen MR) is 60.6 cm³/mol. The van der Waals surface area contributed by atoms with E-state index in [1.165, 1.54) is 32.2 Å². The Morgan fingerprint density at radius 2 is 2.14 bits per heavy atom. The smallest absolute Gasteiger partial charge is 0.0911 e. The molecule has 0 aromatic rings. The van der Waals surface area contributed by atoms with Crippen LogP contribution in [-0.4, -0.2) is 30.9 Å². The third kappa shape index (κ3) is 3.66. The number of hydrogen-bond donors (Lipinski definition) is 2. The van der Waals surface area contributed by atoms with Crippen LogP contribution in [0.3, 0.4) is 0 Å². The number of nitrogens with zero attached hydrogens (tertiary/aromatic N) is 1. The number of amidine groups is 1. The summed E-state index contributed by atoms with van der Waals surface area (Å²) in [6.45, 7) is 4.51. The fourth-order valence-corrected chi connectivity index (χ4v) is 2.05. The summed E-state index contributed by atoms with van der Waals surface area (Å²) < 4.78 is 0. The topological polar surface area (TPSA) is 53.1 Å². The van der Waals surface area contributed by atoms with Gasteiger partial charge < -0.3 is 10.6 Å². The van der Waals surface area contributed by atoms with Gasteiger partial charge in [0.2, 0.25) is 0 Å². The van der Waals surface area contributed by atoms with Crippen molar-refractivity contribution in [3.05, 3.63) is 0 Å². The molecule has 1 aliphatic carbocycles. The molecule has 0 spiro atoms. The molecule has 3 heteroatoms. The first-order valence-corrected chi connectivity index (χ1v) is 5.59. The molecule has 0 aromatic carbocycles. The molecule has 0 saturated heterocycles. The van der Waals surface area contributed by atoms with Gasteiger partial charge in [-0.15, -0.1) is 0 Å². The third-order valence-corrected chi connectivity index (χ3v) is 3.02. The molecule has 3 nitrogen and oxygen atoms in total. The van der Waals surface area contributed by atoms with Crippen molar-refractivity contribution in [2.45, 2.75) is 39.0 Å². The third-order valence-electron chi connectivity index (χ3n) is 3.02. The molecule has 82 valence electrons. The lowest BCUT2D eigenvalue weighted by atomic mass is 10.0. The van der Waals surface area contributed by atoms with Gasteiger partial charge in [-0.3, -0.25) is 5.41 Å². The van der Waals surface area contributed by atoms with Crippen LogP contribution in [0.1, 0.15) is 39.0 Å². The SMILES string of the molecule is CCCCN(C)CC1(CC(=N)N)CC1. The highest BCUT2D eigenvalue weighted by atomic mass is 15.1. The number of nitrogens with one attached hydrogen (secondary N) is 1. The van der Waals surface area contributed by atoms with Crippen LogP contribution in [0.25, 0.3) is 0 Å². The quantitative estimate of drug-likeness (QED) is 0.483. The van der Waals surface area contributed by atoms with E-state index >= 15 is 0 Å². The number of rotatable bonds is 7. The van der Waals surface area contributed by atoms with E-state index in [0.717, 1.165) is 13.0 Å². The molecule has 0 atom stereocenters. The molecule has 1 rings (SSSR count). The van der Waals surface area contributed by atoms with E-state index in [9.17, 15) is 0 Å². The van der Waals surface area contributed by atoms with Crippen molar-refractivity contribution in [1.29, 1.82) is 5.41 Å². The highest BCUT2D eigenvalue weighted by Crippen LogP contribution is 2.49. The van der Waals surface area contributed by atoms with Crippen molar-refractivity contribution in [1.82, 2.24) is 4.90 Å². The maximum absolute atomic E-state index is 7.33. The van der Waals surface area contributed by atoms with Gasteiger partial charge in [0, 0.05) is 13.0 Å². The number of nitrogens with two attached hydrogens (primary N) is 1. The van der Waals surface area contributed by atoms with Gasteiger partial charge >= 0.3 is 0 Å². The van der Waals surface area contributed by atoms with E-state index in [1.807, 2.05) is 0 Å². The van der Waals surface area contributed by atoms with Crippen molar-refractivity contribution in [3.63, 3.8) is 0 Å². The predicted octanol–water partition coefficient (Wildman–Crippen LogP) is 1.82. The maximum atomic E-state index is 7.33. The zero-order valence-corrected chi connectivity index (χ0v) is 9.47. The highest BCUT2D eigenvalue weighted by Gasteiger charge is 2.43. The molecular weight excluding hydrogens is 174 g/mol. The highest BCUT2D eigenvalue weighted by molar-refractivity contribution is 5.78. The zero-order chi connectivity index (χ0) is 10.6. The Labute approximate surface area is 87.2 Å². The second kappa shape index (κ2) is 4.78. The van der Waals surface area contributed by atoms with E-state index in [2.05, 4.69) is 18.9 Å². The molecular formula is C11H23N3. The maximum Gasteiger partial charge on any atom is 0.0911 e. The first kappa shape index (κ1) is 11.5. The van der Waals surface area contributed by atoms with Gasteiger partial charge in [0.15, 0.2) is 0 Å². The van der Waals surface area contributed by atoms with Crippen LogP contribution in [0.4, 0.5) is 0 Å². The molecule has 0 amide bonds. The van der Waals surface area contributed by atoms with Crippen molar-refractivity contribution in [3.8, 4) is 0 Å². The summed E-state index contributed by atoms with van der Waals surface area (Å²) >= 11 is 0. The summed E-state index contributed by atoms with van der Waals surface area (Å²) in [5.41, 5.74) is 5.83. The standard InChI is InChI=1S/C11H23N3/c1-3-4-7-14(2)9-11(5-6-11)8-10(12)13/h3-9H2,1-2H3,(H3,12,13). The van der Waals surface area contributed by atoms with Crippen LogP contribution < -0.4 is 5.73 Å². The molecule has 0 unspecified atom stereocenters. The molecule has 3 N–H and O–H groups in total. The minimum absolute atomic E-state index is 0.353. The Hall–Kier alpha value is -0.570. The first-order valence-electron chi connectivity index (χ1n) is 5.59. The fourth-order valence-electron chi connectivity index (χ4n) is 2.05. The van der Waals surface area contributed by atoms with Crippen LogP contribution in [0.2, 0.25) is 0 Å². The molecule has 0 aromatic heterocycles. The van der Waals surface area contributed by atoms with Crippen LogP contribution in [0.15, 0.2) is 0 Å². The van der Waals surface area contributed by atoms with Crippen LogP contribution in [-0.2, 0) is 0 Å². The number of unbranched alkanes of at least 4 members (excludes halogenated alkanes) is 1. The van der Waals surface area contributed by atoms with Gasteiger partial charge in [-0.25, -0.2) is 0 Å². The van der Waals surface area contributed by atoms with E-state index in [1.54, 1.807) is 0 Å². The van der Waals surface area contributed by atoms with Crippen LogP contribution in [0.5, 0.6) is 0 Å². The second-order valence-electron chi connectivity index (χ2n) is 4.79. The Balaban J connectivity index is 2.25. The molecule has 1 fully saturated rings. The average Bonchev–Trinajstić information content (AvgIpc) is 2.80. The summed E-state index contributed by atoms with van der Waals surface area (Å²) in [5, 5.41) is 7.33. The molecule has 1 saturated carbocycles. The lowest BCUT2D eigenvalue weighted by Gasteiger charge is -2.23. The Morgan fingerprint density at radius 3 is 2.57 bits per heavy atom. The van der Waals surface area contributed by atoms with E-state index < -0.39 is 0 Å². The monoisotopic (exact) mass is 197 g/mol. The summed E-state index contributed by atoms with van der Waals surface area (Å²) in [6, 6.07) is 0. The second-order valence-corrected chi connectivity index (χ2v) is 4.79.